The fraction of sp³-hybridized carbons (Fsp3) is 0.333. The maximum atomic E-state index is 6.13. The van der Waals surface area contributed by atoms with Crippen molar-refractivity contribution in [1.29, 1.82) is 0 Å². The van der Waals surface area contributed by atoms with E-state index in [0.717, 1.165) is 5.56 Å². The van der Waals surface area contributed by atoms with Crippen LogP contribution in [0.15, 0.2) is 54.6 Å². The molecule has 3 nitrogen and oxygen atoms in total. The lowest BCUT2D eigenvalue weighted by atomic mass is 9.98. The van der Waals surface area contributed by atoms with E-state index in [4.69, 9.17) is 15.2 Å². The van der Waals surface area contributed by atoms with Gasteiger partial charge in [-0.25, -0.2) is 0 Å². The summed E-state index contributed by atoms with van der Waals surface area (Å²) < 4.78 is 11.5. The third kappa shape index (κ3) is 3.16. The molecule has 1 fully saturated rings. The summed E-state index contributed by atoms with van der Waals surface area (Å²) in [5, 5.41) is 0. The normalized spacial score (nSPS) is 24.7. The van der Waals surface area contributed by atoms with Gasteiger partial charge in [-0.1, -0.05) is 54.6 Å². The number of hydrogen-bond acceptors (Lipinski definition) is 3. The predicted octanol–water partition coefficient (Wildman–Crippen LogP) is 3.50. The van der Waals surface area contributed by atoms with Gasteiger partial charge in [0, 0.05) is 0 Å². The highest BCUT2D eigenvalue weighted by Crippen LogP contribution is 2.33. The van der Waals surface area contributed by atoms with Crippen molar-refractivity contribution in [1.82, 2.24) is 0 Å². The molecule has 2 aromatic rings. The van der Waals surface area contributed by atoms with Crippen LogP contribution in [0.3, 0.4) is 0 Å². The van der Waals surface area contributed by atoms with E-state index in [1.807, 2.05) is 32.0 Å². The maximum absolute atomic E-state index is 6.13. The fourth-order valence-electron chi connectivity index (χ4n) is 2.62. The van der Waals surface area contributed by atoms with Crippen LogP contribution in [0, 0.1) is 0 Å². The summed E-state index contributed by atoms with van der Waals surface area (Å²) in [7, 11) is 0. The van der Waals surface area contributed by atoms with Gasteiger partial charge < -0.3 is 15.2 Å². The topological polar surface area (TPSA) is 44.5 Å². The molecule has 1 aliphatic heterocycles. The molecule has 3 heteroatoms. The molecule has 0 unspecified atom stereocenters. The van der Waals surface area contributed by atoms with Gasteiger partial charge in [0.25, 0.3) is 0 Å². The Morgan fingerprint density at radius 2 is 1.57 bits per heavy atom. The molecule has 2 aromatic carbocycles. The van der Waals surface area contributed by atoms with E-state index in [1.165, 1.54) is 11.1 Å². The third-order valence-electron chi connectivity index (χ3n) is 3.77. The fourth-order valence-corrected chi connectivity index (χ4v) is 2.62. The van der Waals surface area contributed by atoms with Gasteiger partial charge in [-0.05, 0) is 30.5 Å². The van der Waals surface area contributed by atoms with Crippen LogP contribution in [0.5, 0.6) is 0 Å². The zero-order valence-corrected chi connectivity index (χ0v) is 12.5. The molecular formula is C18H21NO2. The van der Waals surface area contributed by atoms with E-state index < -0.39 is 5.79 Å². The van der Waals surface area contributed by atoms with Gasteiger partial charge >= 0.3 is 0 Å². The summed E-state index contributed by atoms with van der Waals surface area (Å²) in [5.74, 6) is -0.585. The van der Waals surface area contributed by atoms with Crippen LogP contribution in [-0.4, -0.2) is 18.4 Å². The molecule has 0 bridgehead atoms. The van der Waals surface area contributed by atoms with Crippen molar-refractivity contribution in [3.05, 3.63) is 60.2 Å². The van der Waals surface area contributed by atoms with Gasteiger partial charge in [0.1, 0.15) is 6.10 Å². The highest BCUT2D eigenvalue weighted by Gasteiger charge is 2.35. The van der Waals surface area contributed by atoms with E-state index in [1.54, 1.807) is 0 Å². The average Bonchev–Trinajstić information content (AvgIpc) is 2.51. The lowest BCUT2D eigenvalue weighted by molar-refractivity contribution is -0.281. The van der Waals surface area contributed by atoms with Crippen molar-refractivity contribution in [2.75, 3.05) is 6.61 Å². The van der Waals surface area contributed by atoms with E-state index in [2.05, 4.69) is 36.4 Å². The van der Waals surface area contributed by atoms with Gasteiger partial charge in [-0.2, -0.15) is 0 Å². The van der Waals surface area contributed by atoms with Crippen LogP contribution in [0.25, 0.3) is 11.1 Å². The molecular weight excluding hydrogens is 262 g/mol. The molecule has 0 aromatic heterocycles. The second-order valence-electron chi connectivity index (χ2n) is 5.90. The number of nitrogens with two attached hydrogens (primary N) is 1. The van der Waals surface area contributed by atoms with Crippen LogP contribution >= 0.6 is 0 Å². The van der Waals surface area contributed by atoms with Crippen LogP contribution in [0.1, 0.15) is 25.5 Å². The van der Waals surface area contributed by atoms with Gasteiger partial charge in [0.05, 0.1) is 12.6 Å². The number of rotatable bonds is 2. The minimum atomic E-state index is -0.585. The average molecular weight is 283 g/mol. The molecule has 3 rings (SSSR count). The maximum Gasteiger partial charge on any atom is 0.163 e. The second kappa shape index (κ2) is 5.60. The molecule has 0 saturated carbocycles. The molecule has 0 amide bonds. The summed E-state index contributed by atoms with van der Waals surface area (Å²) in [5.41, 5.74) is 9.63. The van der Waals surface area contributed by atoms with Gasteiger partial charge in [-0.15, -0.1) is 0 Å². The Hall–Kier alpha value is -1.68. The van der Waals surface area contributed by atoms with Crippen molar-refractivity contribution < 1.29 is 9.47 Å². The SMILES string of the molecule is CC1(C)OC[C@H](N)[C@H](c2ccc(-c3ccccc3)cc2)O1. The van der Waals surface area contributed by atoms with E-state index in [0.29, 0.717) is 6.61 Å². The number of benzene rings is 2. The van der Waals surface area contributed by atoms with Crippen LogP contribution < -0.4 is 5.73 Å². The predicted molar refractivity (Wildman–Crippen MR) is 83.7 cm³/mol. The van der Waals surface area contributed by atoms with Gasteiger partial charge in [-0.3, -0.25) is 0 Å². The Balaban J connectivity index is 1.84. The first-order valence-electron chi connectivity index (χ1n) is 7.28. The third-order valence-corrected chi connectivity index (χ3v) is 3.77. The van der Waals surface area contributed by atoms with Crippen LogP contribution in [0.4, 0.5) is 0 Å². The summed E-state index contributed by atoms with van der Waals surface area (Å²) in [6.45, 7) is 4.35. The smallest absolute Gasteiger partial charge is 0.163 e. The van der Waals surface area contributed by atoms with Gasteiger partial charge in [0.2, 0.25) is 0 Å². The van der Waals surface area contributed by atoms with Crippen LogP contribution in [-0.2, 0) is 9.47 Å². The van der Waals surface area contributed by atoms with Crippen molar-refractivity contribution in [2.45, 2.75) is 31.8 Å². The van der Waals surface area contributed by atoms with E-state index >= 15 is 0 Å². The molecule has 0 spiro atoms. The molecule has 1 saturated heterocycles. The molecule has 0 radical (unpaired) electrons. The highest BCUT2D eigenvalue weighted by molar-refractivity contribution is 5.63. The van der Waals surface area contributed by atoms with E-state index in [-0.39, 0.29) is 12.1 Å². The zero-order valence-electron chi connectivity index (χ0n) is 12.5. The first-order chi connectivity index (χ1) is 10.1. The first-order valence-corrected chi connectivity index (χ1v) is 7.28. The molecule has 110 valence electrons. The molecule has 1 aliphatic rings. The van der Waals surface area contributed by atoms with Crippen molar-refractivity contribution in [3.63, 3.8) is 0 Å². The number of ether oxygens (including phenoxy) is 2. The molecule has 0 aliphatic carbocycles. The second-order valence-corrected chi connectivity index (χ2v) is 5.90. The summed E-state index contributed by atoms with van der Waals surface area (Å²) in [4.78, 5) is 0. The molecule has 2 N–H and O–H groups in total. The largest absolute Gasteiger partial charge is 0.349 e. The summed E-state index contributed by atoms with van der Waals surface area (Å²) >= 11 is 0. The monoisotopic (exact) mass is 283 g/mol. The molecule has 21 heavy (non-hydrogen) atoms. The van der Waals surface area contributed by atoms with Crippen molar-refractivity contribution >= 4 is 0 Å². The Bertz CT molecular complexity index is 592. The summed E-state index contributed by atoms with van der Waals surface area (Å²) in [6.07, 6.45) is -0.126. The minimum Gasteiger partial charge on any atom is -0.349 e. The van der Waals surface area contributed by atoms with Crippen molar-refractivity contribution in [2.24, 2.45) is 5.73 Å². The quantitative estimate of drug-likeness (QED) is 0.917. The van der Waals surface area contributed by atoms with Crippen molar-refractivity contribution in [3.8, 4) is 11.1 Å². The Morgan fingerprint density at radius 3 is 2.24 bits per heavy atom. The number of hydrogen-bond donors (Lipinski definition) is 1. The lowest BCUT2D eigenvalue weighted by Crippen LogP contribution is -2.48. The molecule has 1 heterocycles. The standard InChI is InChI=1S/C18H21NO2/c1-18(2)20-12-16(19)17(21-18)15-10-8-14(9-11-15)13-6-4-3-5-7-13/h3-11,16-17H,12,19H2,1-2H3/t16-,17-/m0/s1. The minimum absolute atomic E-state index is 0.126. The highest BCUT2D eigenvalue weighted by atomic mass is 16.7. The first kappa shape index (κ1) is 14.3. The lowest BCUT2D eigenvalue weighted by Gasteiger charge is -2.39. The Labute approximate surface area is 125 Å². The zero-order chi connectivity index (χ0) is 14.9. The van der Waals surface area contributed by atoms with E-state index in [9.17, 15) is 0 Å². The van der Waals surface area contributed by atoms with Gasteiger partial charge in [0.15, 0.2) is 5.79 Å². The van der Waals surface area contributed by atoms with Crippen LogP contribution in [0.2, 0.25) is 0 Å². The Kier molecular flexibility index (Phi) is 3.81. The summed E-state index contributed by atoms with van der Waals surface area (Å²) in [6, 6.07) is 18.6. The Morgan fingerprint density at radius 1 is 0.952 bits per heavy atom. The molecule has 2 atom stereocenters.